The van der Waals surface area contributed by atoms with Crippen LogP contribution in [0.1, 0.15) is 118 Å². The number of methoxy groups -OCH3 is 1. The first-order valence-corrected chi connectivity index (χ1v) is 21.8. The molecule has 8 unspecified atom stereocenters. The van der Waals surface area contributed by atoms with Crippen LogP contribution in [0.15, 0.2) is 0 Å². The number of nitrogens with one attached hydrogen (secondary N) is 2. The Bertz CT molecular complexity index is 1270. The van der Waals surface area contributed by atoms with Crippen LogP contribution >= 0.6 is 0 Å². The van der Waals surface area contributed by atoms with Crippen LogP contribution in [0.5, 0.6) is 0 Å². The summed E-state index contributed by atoms with van der Waals surface area (Å²) in [6, 6.07) is 0.0918. The molecule has 1 saturated heterocycles. The molecule has 2 amide bonds. The lowest BCUT2D eigenvalue weighted by atomic mass is 9.45. The summed E-state index contributed by atoms with van der Waals surface area (Å²) in [5, 5.41) is 30.2. The standard InChI is InChI=1S/C43H74N4O6/c1-24-35-20-31(43(35,3)4)21-36(24)45-42(51)39-38(25(2)49)37(23-48)53-47(39)22-28-13-10-14-34(40(28)52-7)29-15-30(19-33(18-29)46(5)6)41(50)44-32-16-26-11-8-9-12-27(26)17-32/h24-40,48-49H,8-23H2,1-7H3,(H,44,50)(H,45,51)/t24-,25-,26?,27?,28?,29?,30?,31+,32?,33?,34?,35-,36-,37-,38+,39-,40?/m0/s1. The quantitative estimate of drug-likeness (QED) is 0.233. The second-order valence-corrected chi connectivity index (χ2v) is 20.1. The highest BCUT2D eigenvalue weighted by Gasteiger charge is 2.58. The number of amides is 2. The highest BCUT2D eigenvalue weighted by Crippen LogP contribution is 2.61. The molecule has 1 heterocycles. The van der Waals surface area contributed by atoms with Gasteiger partial charge in [0.1, 0.15) is 12.1 Å². The van der Waals surface area contributed by atoms with Gasteiger partial charge in [-0.2, -0.15) is 5.06 Å². The van der Waals surface area contributed by atoms with Crippen molar-refractivity contribution in [1.29, 1.82) is 0 Å². The molecule has 0 aromatic heterocycles. The van der Waals surface area contributed by atoms with E-state index < -0.39 is 24.2 Å². The Kier molecular flexibility index (Phi) is 12.3. The highest BCUT2D eigenvalue weighted by atomic mass is 16.7. The van der Waals surface area contributed by atoms with Crippen LogP contribution in [0.25, 0.3) is 0 Å². The molecule has 8 aliphatic rings. The molecule has 8 rings (SSSR count). The molecule has 0 radical (unpaired) electrons. The van der Waals surface area contributed by atoms with Crippen molar-refractivity contribution in [3.8, 4) is 0 Å². The fraction of sp³-hybridized carbons (Fsp3) is 0.953. The van der Waals surface area contributed by atoms with E-state index in [0.717, 1.165) is 69.6 Å². The number of hydrogen-bond acceptors (Lipinski definition) is 8. The largest absolute Gasteiger partial charge is 0.394 e. The number of carbonyl (C=O) groups is 2. The van der Waals surface area contributed by atoms with Gasteiger partial charge in [0.25, 0.3) is 0 Å². The topological polar surface area (TPSA) is 124 Å². The fourth-order valence-corrected chi connectivity index (χ4v) is 13.6. The maximum absolute atomic E-state index is 14.3. The van der Waals surface area contributed by atoms with Crippen LogP contribution in [0.4, 0.5) is 0 Å². The number of hydrogen-bond donors (Lipinski definition) is 4. The van der Waals surface area contributed by atoms with Gasteiger partial charge in [-0.25, -0.2) is 0 Å². The van der Waals surface area contributed by atoms with E-state index in [9.17, 15) is 19.8 Å². The van der Waals surface area contributed by atoms with E-state index in [2.05, 4.69) is 50.4 Å². The number of aliphatic hydroxyl groups excluding tert-OH is 2. The average Bonchev–Trinajstić information content (AvgIpc) is 3.72. The number of ether oxygens (including phenoxy) is 1. The van der Waals surface area contributed by atoms with Crippen molar-refractivity contribution >= 4 is 11.8 Å². The van der Waals surface area contributed by atoms with Gasteiger partial charge >= 0.3 is 0 Å². The highest BCUT2D eigenvalue weighted by molar-refractivity contribution is 5.83. The molecule has 53 heavy (non-hydrogen) atoms. The molecule has 8 fully saturated rings. The predicted octanol–water partition coefficient (Wildman–Crippen LogP) is 5.01. The molecule has 16 atom stereocenters. The van der Waals surface area contributed by atoms with E-state index in [4.69, 9.17) is 9.57 Å². The summed E-state index contributed by atoms with van der Waals surface area (Å²) in [5.74, 6) is 3.64. The number of aliphatic hydroxyl groups is 2. The Morgan fingerprint density at radius 3 is 2.25 bits per heavy atom. The van der Waals surface area contributed by atoms with Gasteiger partial charge in [-0.15, -0.1) is 0 Å². The van der Waals surface area contributed by atoms with Crippen molar-refractivity contribution < 1.29 is 29.4 Å². The maximum Gasteiger partial charge on any atom is 0.240 e. The van der Waals surface area contributed by atoms with Crippen molar-refractivity contribution in [2.24, 2.45) is 64.6 Å². The average molecular weight is 743 g/mol. The van der Waals surface area contributed by atoms with E-state index in [0.29, 0.717) is 53.6 Å². The lowest BCUT2D eigenvalue weighted by Gasteiger charge is -2.62. The number of hydroxylamine groups is 2. The number of carbonyl (C=O) groups excluding carboxylic acids is 2. The molecule has 4 N–H and O–H groups in total. The van der Waals surface area contributed by atoms with Gasteiger partial charge < -0.3 is 30.5 Å². The van der Waals surface area contributed by atoms with E-state index in [1.54, 1.807) is 6.92 Å². The van der Waals surface area contributed by atoms with Crippen molar-refractivity contribution in [3.63, 3.8) is 0 Å². The zero-order valence-electron chi connectivity index (χ0n) is 34.1. The van der Waals surface area contributed by atoms with Crippen LogP contribution in [-0.2, 0) is 19.2 Å². The Morgan fingerprint density at radius 2 is 1.64 bits per heavy atom. The second-order valence-electron chi connectivity index (χ2n) is 20.1. The molecule has 0 spiro atoms. The summed E-state index contributed by atoms with van der Waals surface area (Å²) >= 11 is 0. The molecule has 1 aliphatic heterocycles. The Hall–Kier alpha value is -1.30. The third-order valence-electron chi connectivity index (χ3n) is 16.8. The summed E-state index contributed by atoms with van der Waals surface area (Å²) in [6.45, 7) is 8.99. The Morgan fingerprint density at radius 1 is 0.925 bits per heavy atom. The van der Waals surface area contributed by atoms with Crippen LogP contribution < -0.4 is 10.6 Å². The fourth-order valence-electron chi connectivity index (χ4n) is 13.6. The Balaban J connectivity index is 1.04. The third kappa shape index (κ3) is 7.86. The third-order valence-corrected chi connectivity index (χ3v) is 16.8. The van der Waals surface area contributed by atoms with E-state index in [1.165, 1.54) is 32.1 Å². The Labute approximate surface area is 320 Å². The minimum atomic E-state index is -0.817. The number of rotatable bonds is 11. The molecule has 302 valence electrons. The van der Waals surface area contributed by atoms with Gasteiger partial charge in [0.15, 0.2) is 0 Å². The van der Waals surface area contributed by atoms with Gasteiger partial charge in [0.05, 0.1) is 18.8 Å². The molecule has 10 heteroatoms. The maximum atomic E-state index is 14.3. The molecule has 0 aromatic carbocycles. The van der Waals surface area contributed by atoms with Gasteiger partial charge in [-0.3, -0.25) is 14.4 Å². The summed E-state index contributed by atoms with van der Waals surface area (Å²) < 4.78 is 6.43. The molecular formula is C43H74N4O6. The molecule has 7 saturated carbocycles. The molecule has 2 bridgehead atoms. The molecule has 10 nitrogen and oxygen atoms in total. The summed E-state index contributed by atoms with van der Waals surface area (Å²) in [5.41, 5.74) is 0.323. The predicted molar refractivity (Wildman–Crippen MR) is 205 cm³/mol. The lowest BCUT2D eigenvalue weighted by Crippen LogP contribution is -2.62. The van der Waals surface area contributed by atoms with Gasteiger partial charge in [-0.05, 0) is 126 Å². The summed E-state index contributed by atoms with van der Waals surface area (Å²) in [4.78, 5) is 37.1. The molecule has 7 aliphatic carbocycles. The van der Waals surface area contributed by atoms with Crippen molar-refractivity contribution in [1.82, 2.24) is 20.6 Å². The zero-order chi connectivity index (χ0) is 37.8. The first-order chi connectivity index (χ1) is 25.3. The van der Waals surface area contributed by atoms with Crippen molar-refractivity contribution in [2.75, 3.05) is 34.4 Å². The normalized spacial score (nSPS) is 46.0. The van der Waals surface area contributed by atoms with Gasteiger partial charge in [0.2, 0.25) is 11.8 Å². The van der Waals surface area contributed by atoms with Crippen LogP contribution in [0.3, 0.4) is 0 Å². The van der Waals surface area contributed by atoms with Crippen LogP contribution in [-0.4, -0.2) is 109 Å². The first-order valence-electron chi connectivity index (χ1n) is 21.8. The monoisotopic (exact) mass is 743 g/mol. The number of nitrogens with zero attached hydrogens (tertiary/aromatic N) is 2. The van der Waals surface area contributed by atoms with Gasteiger partial charge in [0, 0.05) is 49.5 Å². The van der Waals surface area contributed by atoms with E-state index in [1.807, 2.05) is 12.2 Å². The second kappa shape index (κ2) is 16.3. The van der Waals surface area contributed by atoms with E-state index >= 15 is 0 Å². The minimum absolute atomic E-state index is 0.00700. The minimum Gasteiger partial charge on any atom is -0.394 e. The number of fused-ring (bicyclic) bond motifs is 3. The molecule has 0 aromatic rings. The summed E-state index contributed by atoms with van der Waals surface area (Å²) in [7, 11) is 6.14. The van der Waals surface area contributed by atoms with Gasteiger partial charge in [-0.1, -0.05) is 52.9 Å². The van der Waals surface area contributed by atoms with Crippen molar-refractivity contribution in [2.45, 2.75) is 160 Å². The smallest absolute Gasteiger partial charge is 0.240 e. The van der Waals surface area contributed by atoms with Crippen LogP contribution in [0, 0.1) is 64.6 Å². The zero-order valence-corrected chi connectivity index (χ0v) is 34.1. The summed E-state index contributed by atoms with van der Waals surface area (Å²) in [6.07, 6.45) is 14.4. The van der Waals surface area contributed by atoms with E-state index in [-0.39, 0.29) is 42.4 Å². The lowest BCUT2D eigenvalue weighted by molar-refractivity contribution is -0.193. The van der Waals surface area contributed by atoms with Crippen LogP contribution in [0.2, 0.25) is 0 Å². The first kappa shape index (κ1) is 39.9. The SMILES string of the molecule is COC1C(CN2O[C@@H](CO)[C@@H]([C@H](C)O)[C@H]2C(=O)N[C@H]2C[C@H]3C[C@@H]([C@@H]2C)C3(C)C)CCCC1C1CC(C(=O)NC2CC3CCCCC3C2)CC(N(C)C)C1. The van der Waals surface area contributed by atoms with Crippen molar-refractivity contribution in [3.05, 3.63) is 0 Å². The molecular weight excluding hydrogens is 668 g/mol.